The second kappa shape index (κ2) is 7.63. The molecule has 0 aromatic heterocycles. The Hall–Kier alpha value is -2.13. The van der Waals surface area contributed by atoms with Gasteiger partial charge >= 0.3 is 0 Å². The van der Waals surface area contributed by atoms with E-state index in [1.807, 2.05) is 18.7 Å². The van der Waals surface area contributed by atoms with Crippen LogP contribution in [0.1, 0.15) is 45.1 Å². The van der Waals surface area contributed by atoms with Crippen LogP contribution >= 0.6 is 0 Å². The van der Waals surface area contributed by atoms with E-state index < -0.39 is 5.82 Å². The first-order valence-electron chi connectivity index (χ1n) is 9.32. The molecule has 0 radical (unpaired) electrons. The zero-order chi connectivity index (χ0) is 18.8. The fourth-order valence-electron chi connectivity index (χ4n) is 4.27. The number of piperidine rings is 1. The molecule has 3 unspecified atom stereocenters. The van der Waals surface area contributed by atoms with E-state index in [0.717, 1.165) is 24.8 Å². The maximum atomic E-state index is 13.2. The Bertz CT molecular complexity index is 715. The van der Waals surface area contributed by atoms with Gasteiger partial charge in [-0.3, -0.25) is 4.79 Å². The van der Waals surface area contributed by atoms with Crippen molar-refractivity contribution in [1.29, 1.82) is 5.26 Å². The fourth-order valence-corrected chi connectivity index (χ4v) is 4.27. The average molecular weight is 359 g/mol. The summed E-state index contributed by atoms with van der Waals surface area (Å²) in [7, 11) is 0. The lowest BCUT2D eigenvalue weighted by molar-refractivity contribution is -0.135. The van der Waals surface area contributed by atoms with Crippen LogP contribution in [0.3, 0.4) is 0 Å². The molecule has 4 atom stereocenters. The van der Waals surface area contributed by atoms with E-state index >= 15 is 0 Å². The van der Waals surface area contributed by atoms with Gasteiger partial charge < -0.3 is 15.3 Å². The molecule has 2 bridgehead atoms. The number of fused-ring (bicyclic) bond motifs is 2. The molecule has 1 aliphatic heterocycles. The molecule has 2 N–H and O–H groups in total. The van der Waals surface area contributed by atoms with Gasteiger partial charge in [-0.25, -0.2) is 4.39 Å². The van der Waals surface area contributed by atoms with Crippen molar-refractivity contribution in [1.82, 2.24) is 10.2 Å². The molecular formula is C20H26FN3O2. The van der Waals surface area contributed by atoms with Crippen molar-refractivity contribution >= 4 is 5.91 Å². The molecule has 3 rings (SSSR count). The summed E-state index contributed by atoms with van der Waals surface area (Å²) in [6.45, 7) is 4.54. The van der Waals surface area contributed by atoms with E-state index in [4.69, 9.17) is 0 Å². The number of amides is 1. The lowest BCUT2D eigenvalue weighted by Crippen LogP contribution is -2.47. The number of likely N-dealkylation sites (tertiary alicyclic amines) is 1. The average Bonchev–Trinajstić information content (AvgIpc) is 3.21. The number of phenolic OH excluding ortho intramolecular Hbond substituents is 1. The third-order valence-electron chi connectivity index (χ3n) is 5.78. The number of nitrogens with one attached hydrogen (secondary N) is 1. The molecule has 6 heteroatoms. The van der Waals surface area contributed by atoms with Gasteiger partial charge in [0, 0.05) is 25.0 Å². The Morgan fingerprint density at radius 3 is 2.88 bits per heavy atom. The minimum Gasteiger partial charge on any atom is -0.505 e. The van der Waals surface area contributed by atoms with Crippen LogP contribution in [0.15, 0.2) is 18.2 Å². The third-order valence-corrected chi connectivity index (χ3v) is 5.78. The number of halogens is 1. The van der Waals surface area contributed by atoms with E-state index in [1.165, 1.54) is 12.1 Å². The zero-order valence-corrected chi connectivity index (χ0v) is 15.3. The predicted octanol–water partition coefficient (Wildman–Crippen LogP) is 2.94. The number of hydrogen-bond donors (Lipinski definition) is 2. The molecule has 1 saturated carbocycles. The largest absolute Gasteiger partial charge is 0.505 e. The van der Waals surface area contributed by atoms with Gasteiger partial charge in [-0.2, -0.15) is 5.26 Å². The smallest absolute Gasteiger partial charge is 0.225 e. The van der Waals surface area contributed by atoms with Crippen LogP contribution < -0.4 is 5.32 Å². The Kier molecular flexibility index (Phi) is 5.47. The Balaban J connectivity index is 1.62. The highest BCUT2D eigenvalue weighted by molar-refractivity contribution is 5.78. The number of carbonyl (C=O) groups excluding carboxylic acids is 1. The lowest BCUT2D eigenvalue weighted by atomic mass is 9.96. The summed E-state index contributed by atoms with van der Waals surface area (Å²) in [6, 6.07) is 6.47. The van der Waals surface area contributed by atoms with Crippen molar-refractivity contribution < 1.29 is 14.3 Å². The molecule has 1 aromatic carbocycles. The van der Waals surface area contributed by atoms with Crippen LogP contribution in [0.5, 0.6) is 5.75 Å². The van der Waals surface area contributed by atoms with E-state index in [0.29, 0.717) is 18.9 Å². The summed E-state index contributed by atoms with van der Waals surface area (Å²) in [5, 5.41) is 22.3. The maximum Gasteiger partial charge on any atom is 0.225 e. The van der Waals surface area contributed by atoms with E-state index in [2.05, 4.69) is 11.4 Å². The van der Waals surface area contributed by atoms with Gasteiger partial charge in [0.25, 0.3) is 0 Å². The van der Waals surface area contributed by atoms with Gasteiger partial charge in [-0.15, -0.1) is 0 Å². The topological polar surface area (TPSA) is 76.4 Å². The van der Waals surface area contributed by atoms with Gasteiger partial charge in [0.1, 0.15) is 6.04 Å². The molecule has 2 aliphatic rings. The highest BCUT2D eigenvalue weighted by Crippen LogP contribution is 2.42. The predicted molar refractivity (Wildman–Crippen MR) is 95.5 cm³/mol. The molecule has 0 spiro atoms. The van der Waals surface area contributed by atoms with Crippen molar-refractivity contribution in [3.05, 3.63) is 29.6 Å². The minimum absolute atomic E-state index is 0.0388. The van der Waals surface area contributed by atoms with Gasteiger partial charge in [-0.1, -0.05) is 19.9 Å². The standard InChI is InChI=1S/C20H26FN3O2/c1-12(2)17(23-11-13-3-6-16(21)19(25)7-13)9-20(26)24-15-5-4-14(8-15)18(24)10-22/h3,6-7,12,14-15,17-18,23,25H,4-5,8-9,11H2,1-2H3/t14?,15?,17-,18?/m0/s1. The van der Waals surface area contributed by atoms with Crippen LogP contribution in [-0.2, 0) is 11.3 Å². The Morgan fingerprint density at radius 2 is 2.23 bits per heavy atom. The number of phenols is 1. The first kappa shape index (κ1) is 18.7. The molecule has 5 nitrogen and oxygen atoms in total. The number of rotatable bonds is 6. The second-order valence-corrected chi connectivity index (χ2v) is 7.82. The number of nitriles is 1. The van der Waals surface area contributed by atoms with E-state index in [9.17, 15) is 19.6 Å². The summed E-state index contributed by atoms with van der Waals surface area (Å²) < 4.78 is 13.2. The quantitative estimate of drug-likeness (QED) is 0.819. The summed E-state index contributed by atoms with van der Waals surface area (Å²) >= 11 is 0. The van der Waals surface area contributed by atoms with Crippen molar-refractivity contribution in [3.63, 3.8) is 0 Å². The molecule has 1 saturated heterocycles. The maximum absolute atomic E-state index is 13.2. The summed E-state index contributed by atoms with van der Waals surface area (Å²) in [5.41, 5.74) is 0.761. The highest BCUT2D eigenvalue weighted by Gasteiger charge is 2.48. The third kappa shape index (κ3) is 3.68. The van der Waals surface area contributed by atoms with Crippen LogP contribution in [0.4, 0.5) is 4.39 Å². The number of hydrogen-bond acceptors (Lipinski definition) is 4. The number of benzene rings is 1. The van der Waals surface area contributed by atoms with E-state index in [1.54, 1.807) is 6.07 Å². The molecule has 1 amide bonds. The number of nitrogens with zero attached hydrogens (tertiary/aromatic N) is 2. The SMILES string of the molecule is CC(C)[C@H](CC(=O)N1C2CCC(C2)C1C#N)NCc1ccc(F)c(O)c1. The zero-order valence-electron chi connectivity index (χ0n) is 15.3. The van der Waals surface area contributed by atoms with Crippen LogP contribution in [0.25, 0.3) is 0 Å². The van der Waals surface area contributed by atoms with Gasteiger partial charge in [0.05, 0.1) is 6.07 Å². The van der Waals surface area contributed by atoms with Gasteiger partial charge in [-0.05, 0) is 48.8 Å². The van der Waals surface area contributed by atoms with Crippen LogP contribution in [0, 0.1) is 29.0 Å². The fraction of sp³-hybridized carbons (Fsp3) is 0.600. The van der Waals surface area contributed by atoms with Crippen molar-refractivity contribution in [3.8, 4) is 11.8 Å². The van der Waals surface area contributed by atoms with Gasteiger partial charge in [0.15, 0.2) is 11.6 Å². The minimum atomic E-state index is -0.643. The summed E-state index contributed by atoms with van der Waals surface area (Å²) in [4.78, 5) is 14.7. The highest BCUT2D eigenvalue weighted by atomic mass is 19.1. The normalized spacial score (nSPS) is 25.5. The lowest BCUT2D eigenvalue weighted by Gasteiger charge is -2.33. The first-order chi connectivity index (χ1) is 12.4. The monoisotopic (exact) mass is 359 g/mol. The molecule has 1 heterocycles. The molecule has 2 fully saturated rings. The molecule has 1 aliphatic carbocycles. The summed E-state index contributed by atoms with van der Waals surface area (Å²) in [6.07, 6.45) is 3.35. The van der Waals surface area contributed by atoms with Crippen molar-refractivity contribution in [2.24, 2.45) is 11.8 Å². The van der Waals surface area contributed by atoms with Crippen molar-refractivity contribution in [2.45, 2.75) is 64.2 Å². The molecular weight excluding hydrogens is 333 g/mol. The number of aromatic hydroxyl groups is 1. The second-order valence-electron chi connectivity index (χ2n) is 7.82. The Labute approximate surface area is 153 Å². The van der Waals surface area contributed by atoms with Crippen molar-refractivity contribution in [2.75, 3.05) is 0 Å². The van der Waals surface area contributed by atoms with E-state index in [-0.39, 0.29) is 35.7 Å². The number of carbonyl (C=O) groups is 1. The first-order valence-corrected chi connectivity index (χ1v) is 9.32. The molecule has 140 valence electrons. The van der Waals surface area contributed by atoms with Crippen LogP contribution in [-0.4, -0.2) is 34.0 Å². The summed E-state index contributed by atoms with van der Waals surface area (Å²) in [5.74, 6) is -0.408. The van der Waals surface area contributed by atoms with Crippen LogP contribution in [0.2, 0.25) is 0 Å². The molecule has 26 heavy (non-hydrogen) atoms. The Morgan fingerprint density at radius 1 is 1.46 bits per heavy atom. The molecule has 1 aromatic rings. The van der Waals surface area contributed by atoms with Gasteiger partial charge in [0.2, 0.25) is 5.91 Å².